The van der Waals surface area contributed by atoms with Crippen molar-refractivity contribution in [2.24, 2.45) is 0 Å². The van der Waals surface area contributed by atoms with Gasteiger partial charge < -0.3 is 10.0 Å². The number of aliphatic hydroxyl groups excluding tert-OH is 1. The first-order valence-electron chi connectivity index (χ1n) is 5.93. The Morgan fingerprint density at radius 3 is 2.47 bits per heavy atom. The van der Waals surface area contributed by atoms with Crippen LogP contribution in [0.3, 0.4) is 0 Å². The van der Waals surface area contributed by atoms with E-state index in [0.29, 0.717) is 0 Å². The molecule has 1 aliphatic heterocycles. The molecule has 0 fully saturated rings. The molecule has 0 amide bonds. The van der Waals surface area contributed by atoms with Gasteiger partial charge in [-0.15, -0.1) is 0 Å². The summed E-state index contributed by atoms with van der Waals surface area (Å²) in [6.07, 6.45) is 0.918. The van der Waals surface area contributed by atoms with Gasteiger partial charge in [-0.3, -0.25) is 0 Å². The van der Waals surface area contributed by atoms with Crippen LogP contribution in [0.2, 0.25) is 0 Å². The Kier molecular flexibility index (Phi) is 2.57. The van der Waals surface area contributed by atoms with E-state index in [1.807, 2.05) is 18.2 Å². The first-order valence-corrected chi connectivity index (χ1v) is 5.93. The van der Waals surface area contributed by atoms with Gasteiger partial charge >= 0.3 is 0 Å². The fourth-order valence-electron chi connectivity index (χ4n) is 2.54. The minimum atomic E-state index is 0.162. The third-order valence-electron chi connectivity index (χ3n) is 3.32. The summed E-state index contributed by atoms with van der Waals surface area (Å²) in [6.45, 7) is 0.184. The van der Waals surface area contributed by atoms with Gasteiger partial charge in [0, 0.05) is 11.4 Å². The normalized spacial score (nSPS) is 18.2. The van der Waals surface area contributed by atoms with Crippen LogP contribution in [0, 0.1) is 0 Å². The first kappa shape index (κ1) is 10.4. The average Bonchev–Trinajstić information content (AvgIpc) is 2.78. The monoisotopic (exact) mass is 225 g/mol. The molecule has 0 bridgehead atoms. The van der Waals surface area contributed by atoms with Gasteiger partial charge in [0.25, 0.3) is 0 Å². The second-order valence-electron chi connectivity index (χ2n) is 4.37. The third kappa shape index (κ3) is 1.71. The van der Waals surface area contributed by atoms with Gasteiger partial charge in [0.2, 0.25) is 0 Å². The standard InChI is InChI=1S/C15H15NO/c17-11-14-10-12-6-4-5-9-15(12)16(14)13-7-2-1-3-8-13/h1-9,14,17H,10-11H2/t14-/m0/s1. The molecule has 1 aliphatic rings. The number of hydrogen-bond acceptors (Lipinski definition) is 2. The molecular formula is C15H15NO. The molecule has 1 atom stereocenters. The highest BCUT2D eigenvalue weighted by Gasteiger charge is 2.29. The lowest BCUT2D eigenvalue weighted by atomic mass is 10.1. The van der Waals surface area contributed by atoms with Crippen molar-refractivity contribution >= 4 is 11.4 Å². The van der Waals surface area contributed by atoms with Crippen molar-refractivity contribution in [2.75, 3.05) is 11.5 Å². The summed E-state index contributed by atoms with van der Waals surface area (Å²) in [7, 11) is 0. The molecule has 0 unspecified atom stereocenters. The molecule has 1 heterocycles. The summed E-state index contributed by atoms with van der Waals surface area (Å²) < 4.78 is 0. The maximum absolute atomic E-state index is 9.53. The van der Waals surface area contributed by atoms with Crippen LogP contribution in [0.25, 0.3) is 0 Å². The van der Waals surface area contributed by atoms with Crippen LogP contribution in [0.1, 0.15) is 5.56 Å². The van der Waals surface area contributed by atoms with Crippen LogP contribution in [-0.2, 0) is 6.42 Å². The molecule has 0 saturated heterocycles. The Labute approximate surface area is 101 Å². The van der Waals surface area contributed by atoms with E-state index in [2.05, 4.69) is 41.3 Å². The highest BCUT2D eigenvalue weighted by molar-refractivity contribution is 5.71. The van der Waals surface area contributed by atoms with Gasteiger partial charge in [0.05, 0.1) is 12.6 Å². The lowest BCUT2D eigenvalue weighted by Crippen LogP contribution is -2.30. The Balaban J connectivity index is 2.08. The molecule has 0 spiro atoms. The Bertz CT molecular complexity index is 509. The van der Waals surface area contributed by atoms with Crippen molar-refractivity contribution < 1.29 is 5.11 Å². The zero-order chi connectivity index (χ0) is 11.7. The maximum Gasteiger partial charge on any atom is 0.0642 e. The fourth-order valence-corrected chi connectivity index (χ4v) is 2.54. The van der Waals surface area contributed by atoms with Crippen LogP contribution < -0.4 is 4.90 Å². The zero-order valence-electron chi connectivity index (χ0n) is 9.58. The Morgan fingerprint density at radius 2 is 1.71 bits per heavy atom. The van der Waals surface area contributed by atoms with E-state index in [0.717, 1.165) is 12.1 Å². The maximum atomic E-state index is 9.53. The molecule has 0 radical (unpaired) electrons. The molecule has 0 saturated carbocycles. The van der Waals surface area contributed by atoms with Crippen LogP contribution in [0.5, 0.6) is 0 Å². The van der Waals surface area contributed by atoms with E-state index in [1.165, 1.54) is 11.3 Å². The van der Waals surface area contributed by atoms with Gasteiger partial charge in [-0.25, -0.2) is 0 Å². The molecular weight excluding hydrogens is 210 g/mol. The van der Waals surface area contributed by atoms with Gasteiger partial charge in [0.1, 0.15) is 0 Å². The van der Waals surface area contributed by atoms with Crippen LogP contribution >= 0.6 is 0 Å². The van der Waals surface area contributed by atoms with Gasteiger partial charge in [-0.05, 0) is 30.2 Å². The molecule has 0 aromatic heterocycles. The quantitative estimate of drug-likeness (QED) is 0.849. The summed E-state index contributed by atoms with van der Waals surface area (Å²) in [5, 5.41) is 9.53. The second-order valence-corrected chi connectivity index (χ2v) is 4.37. The molecule has 2 aromatic carbocycles. The van der Waals surface area contributed by atoms with Crippen molar-refractivity contribution in [1.29, 1.82) is 0 Å². The molecule has 17 heavy (non-hydrogen) atoms. The number of rotatable bonds is 2. The SMILES string of the molecule is OC[C@@H]1Cc2ccccc2N1c1ccccc1. The van der Waals surface area contributed by atoms with Crippen molar-refractivity contribution in [1.82, 2.24) is 0 Å². The number of hydrogen-bond donors (Lipinski definition) is 1. The predicted octanol–water partition coefficient (Wildman–Crippen LogP) is 2.74. The Morgan fingerprint density at radius 1 is 1.00 bits per heavy atom. The summed E-state index contributed by atoms with van der Waals surface area (Å²) in [6, 6.07) is 18.8. The van der Waals surface area contributed by atoms with Crippen LogP contribution in [0.15, 0.2) is 54.6 Å². The molecule has 1 N–H and O–H groups in total. The van der Waals surface area contributed by atoms with Crippen LogP contribution in [0.4, 0.5) is 11.4 Å². The summed E-state index contributed by atoms with van der Waals surface area (Å²) >= 11 is 0. The number of nitrogens with zero attached hydrogens (tertiary/aromatic N) is 1. The van der Waals surface area contributed by atoms with E-state index in [-0.39, 0.29) is 12.6 Å². The highest BCUT2D eigenvalue weighted by Crippen LogP contribution is 2.37. The average molecular weight is 225 g/mol. The first-order chi connectivity index (χ1) is 8.40. The Hall–Kier alpha value is -1.80. The van der Waals surface area contributed by atoms with Crippen molar-refractivity contribution in [3.8, 4) is 0 Å². The molecule has 86 valence electrons. The van der Waals surface area contributed by atoms with Gasteiger partial charge in [-0.2, -0.15) is 0 Å². The van der Waals surface area contributed by atoms with Crippen molar-refractivity contribution in [3.05, 3.63) is 60.2 Å². The number of anilines is 2. The second kappa shape index (κ2) is 4.22. The number of para-hydroxylation sites is 2. The minimum Gasteiger partial charge on any atom is -0.394 e. The largest absolute Gasteiger partial charge is 0.394 e. The summed E-state index contributed by atoms with van der Waals surface area (Å²) in [4.78, 5) is 2.23. The fraction of sp³-hybridized carbons (Fsp3) is 0.200. The number of benzene rings is 2. The van der Waals surface area contributed by atoms with Crippen molar-refractivity contribution in [3.63, 3.8) is 0 Å². The van der Waals surface area contributed by atoms with E-state index < -0.39 is 0 Å². The number of aliphatic hydroxyl groups is 1. The molecule has 2 aromatic rings. The lowest BCUT2D eigenvalue weighted by molar-refractivity contribution is 0.268. The van der Waals surface area contributed by atoms with E-state index >= 15 is 0 Å². The summed E-state index contributed by atoms with van der Waals surface area (Å²) in [5.41, 5.74) is 3.68. The molecule has 0 aliphatic carbocycles. The highest BCUT2D eigenvalue weighted by atomic mass is 16.3. The van der Waals surface area contributed by atoms with E-state index in [9.17, 15) is 5.11 Å². The van der Waals surface area contributed by atoms with Gasteiger partial charge in [0.15, 0.2) is 0 Å². The smallest absolute Gasteiger partial charge is 0.0642 e. The number of fused-ring (bicyclic) bond motifs is 1. The third-order valence-corrected chi connectivity index (χ3v) is 3.32. The summed E-state index contributed by atoms with van der Waals surface area (Å²) in [5.74, 6) is 0. The van der Waals surface area contributed by atoms with Crippen LogP contribution in [-0.4, -0.2) is 17.8 Å². The van der Waals surface area contributed by atoms with E-state index in [4.69, 9.17) is 0 Å². The van der Waals surface area contributed by atoms with Gasteiger partial charge in [-0.1, -0.05) is 36.4 Å². The lowest BCUT2D eigenvalue weighted by Gasteiger charge is -2.26. The topological polar surface area (TPSA) is 23.5 Å². The zero-order valence-corrected chi connectivity index (χ0v) is 9.58. The van der Waals surface area contributed by atoms with Crippen molar-refractivity contribution in [2.45, 2.75) is 12.5 Å². The predicted molar refractivity (Wildman–Crippen MR) is 69.6 cm³/mol. The minimum absolute atomic E-state index is 0.162. The van der Waals surface area contributed by atoms with E-state index in [1.54, 1.807) is 0 Å². The molecule has 2 nitrogen and oxygen atoms in total. The molecule has 3 rings (SSSR count). The molecule has 2 heteroatoms.